The van der Waals surface area contributed by atoms with Crippen LogP contribution in [0, 0.1) is 5.82 Å². The number of para-hydroxylation sites is 1. The molecule has 0 saturated carbocycles. The second-order valence-electron chi connectivity index (χ2n) is 4.63. The fourth-order valence-electron chi connectivity index (χ4n) is 2.13. The van der Waals surface area contributed by atoms with Gasteiger partial charge in [-0.05, 0) is 25.1 Å². The van der Waals surface area contributed by atoms with Gasteiger partial charge in [0.15, 0.2) is 11.6 Å². The van der Waals surface area contributed by atoms with Gasteiger partial charge in [0.2, 0.25) is 0 Å². The third kappa shape index (κ3) is 3.43. The molecule has 0 atom stereocenters. The van der Waals surface area contributed by atoms with Crippen molar-refractivity contribution in [3.05, 3.63) is 30.1 Å². The number of benzene rings is 1. The minimum absolute atomic E-state index is 0.287. The van der Waals surface area contributed by atoms with E-state index < -0.39 is 0 Å². The topological polar surface area (TPSA) is 24.5 Å². The lowest BCUT2D eigenvalue weighted by atomic mass is 10.1. The van der Waals surface area contributed by atoms with Gasteiger partial charge in [0.25, 0.3) is 0 Å². The van der Waals surface area contributed by atoms with E-state index in [4.69, 9.17) is 4.74 Å². The molecule has 1 fully saturated rings. The van der Waals surface area contributed by atoms with Gasteiger partial charge in [-0.25, -0.2) is 4.39 Å². The summed E-state index contributed by atoms with van der Waals surface area (Å²) in [7, 11) is 0. The van der Waals surface area contributed by atoms with Crippen molar-refractivity contribution in [1.29, 1.82) is 0 Å². The predicted molar refractivity (Wildman–Crippen MR) is 70.4 cm³/mol. The smallest absolute Gasteiger partial charge is 0.165 e. The molecular formula is C14H21FN2O. The Morgan fingerprint density at radius 2 is 2.11 bits per heavy atom. The molecule has 0 aliphatic carbocycles. The third-order valence-corrected chi connectivity index (χ3v) is 3.26. The van der Waals surface area contributed by atoms with Gasteiger partial charge in [-0.15, -0.1) is 0 Å². The van der Waals surface area contributed by atoms with Crippen LogP contribution in [0.25, 0.3) is 0 Å². The van der Waals surface area contributed by atoms with Crippen molar-refractivity contribution in [2.45, 2.75) is 19.4 Å². The van der Waals surface area contributed by atoms with Crippen LogP contribution in [0.2, 0.25) is 0 Å². The highest BCUT2D eigenvalue weighted by Crippen LogP contribution is 2.15. The number of halogens is 1. The van der Waals surface area contributed by atoms with Crippen molar-refractivity contribution < 1.29 is 9.13 Å². The number of nitrogens with one attached hydrogen (secondary N) is 1. The number of ether oxygens (including phenoxy) is 1. The van der Waals surface area contributed by atoms with E-state index in [-0.39, 0.29) is 5.82 Å². The lowest BCUT2D eigenvalue weighted by molar-refractivity contribution is 0.121. The second kappa shape index (κ2) is 6.71. The average molecular weight is 252 g/mol. The molecule has 0 radical (unpaired) electrons. The van der Waals surface area contributed by atoms with Crippen LogP contribution in [-0.2, 0) is 0 Å². The summed E-state index contributed by atoms with van der Waals surface area (Å²) in [6.07, 6.45) is 1.14. The van der Waals surface area contributed by atoms with Crippen LogP contribution in [0.4, 0.5) is 4.39 Å². The van der Waals surface area contributed by atoms with Gasteiger partial charge in [0.05, 0.1) is 0 Å². The first-order valence-corrected chi connectivity index (χ1v) is 6.63. The Bertz CT molecular complexity index is 369. The van der Waals surface area contributed by atoms with E-state index in [2.05, 4.69) is 17.1 Å². The van der Waals surface area contributed by atoms with Crippen molar-refractivity contribution in [2.75, 3.05) is 32.8 Å². The van der Waals surface area contributed by atoms with Crippen LogP contribution in [0.1, 0.15) is 13.3 Å². The van der Waals surface area contributed by atoms with Gasteiger partial charge in [0, 0.05) is 25.7 Å². The zero-order chi connectivity index (χ0) is 12.8. The Morgan fingerprint density at radius 3 is 2.72 bits per heavy atom. The highest BCUT2D eigenvalue weighted by molar-refractivity contribution is 5.23. The van der Waals surface area contributed by atoms with E-state index in [1.165, 1.54) is 6.07 Å². The van der Waals surface area contributed by atoms with Gasteiger partial charge in [-0.3, -0.25) is 4.90 Å². The Kier molecular flexibility index (Phi) is 4.96. The molecule has 1 heterocycles. The first-order chi connectivity index (χ1) is 8.81. The highest BCUT2D eigenvalue weighted by atomic mass is 19.1. The maximum absolute atomic E-state index is 13.3. The molecule has 100 valence electrons. The first-order valence-electron chi connectivity index (χ1n) is 6.63. The molecule has 4 heteroatoms. The molecule has 3 nitrogen and oxygen atoms in total. The molecule has 0 spiro atoms. The molecule has 18 heavy (non-hydrogen) atoms. The summed E-state index contributed by atoms with van der Waals surface area (Å²) in [4.78, 5) is 2.41. The number of rotatable bonds is 7. The molecule has 0 bridgehead atoms. The van der Waals surface area contributed by atoms with Gasteiger partial charge >= 0.3 is 0 Å². The van der Waals surface area contributed by atoms with Gasteiger partial charge in [0.1, 0.15) is 6.61 Å². The van der Waals surface area contributed by atoms with E-state index in [0.29, 0.717) is 18.4 Å². The van der Waals surface area contributed by atoms with E-state index in [9.17, 15) is 4.39 Å². The molecule has 1 aliphatic rings. The molecule has 0 unspecified atom stereocenters. The number of nitrogens with zero attached hydrogens (tertiary/aromatic N) is 1. The van der Waals surface area contributed by atoms with E-state index >= 15 is 0 Å². The second-order valence-corrected chi connectivity index (χ2v) is 4.63. The maximum atomic E-state index is 13.3. The monoisotopic (exact) mass is 252 g/mol. The van der Waals surface area contributed by atoms with Crippen LogP contribution in [0.3, 0.4) is 0 Å². The zero-order valence-corrected chi connectivity index (χ0v) is 10.9. The largest absolute Gasteiger partial charge is 0.489 e. The highest BCUT2D eigenvalue weighted by Gasteiger charge is 2.23. The minimum atomic E-state index is -0.287. The Labute approximate surface area is 108 Å². The molecular weight excluding hydrogens is 231 g/mol. The van der Waals surface area contributed by atoms with Crippen molar-refractivity contribution in [2.24, 2.45) is 0 Å². The van der Waals surface area contributed by atoms with Gasteiger partial charge < -0.3 is 10.1 Å². The van der Waals surface area contributed by atoms with Gasteiger partial charge in [-0.2, -0.15) is 0 Å². The van der Waals surface area contributed by atoms with Crippen molar-refractivity contribution in [3.63, 3.8) is 0 Å². The fourth-order valence-corrected chi connectivity index (χ4v) is 2.13. The summed E-state index contributed by atoms with van der Waals surface area (Å²) >= 11 is 0. The van der Waals surface area contributed by atoms with Crippen LogP contribution < -0.4 is 10.1 Å². The molecule has 1 aliphatic heterocycles. The maximum Gasteiger partial charge on any atom is 0.165 e. The third-order valence-electron chi connectivity index (χ3n) is 3.26. The summed E-state index contributed by atoms with van der Waals surface area (Å²) in [6.45, 7) is 6.76. The summed E-state index contributed by atoms with van der Waals surface area (Å²) in [5.74, 6) is 0.0607. The van der Waals surface area contributed by atoms with Crippen molar-refractivity contribution in [3.8, 4) is 5.75 Å². The lowest BCUT2D eigenvalue weighted by Crippen LogP contribution is -2.58. The van der Waals surface area contributed by atoms with Crippen LogP contribution >= 0.6 is 0 Å². The molecule has 2 rings (SSSR count). The van der Waals surface area contributed by atoms with Crippen LogP contribution in [0.15, 0.2) is 24.3 Å². The Hall–Kier alpha value is -1.13. The first kappa shape index (κ1) is 13.3. The number of hydrogen-bond donors (Lipinski definition) is 1. The summed E-state index contributed by atoms with van der Waals surface area (Å²) < 4.78 is 18.8. The normalized spacial score (nSPS) is 15.7. The van der Waals surface area contributed by atoms with Gasteiger partial charge in [-0.1, -0.05) is 19.1 Å². The SMILES string of the molecule is CCCN(CCOc1ccccc1F)C1CNC1. The zero-order valence-electron chi connectivity index (χ0n) is 10.9. The number of hydrogen-bond acceptors (Lipinski definition) is 3. The van der Waals surface area contributed by atoms with Crippen LogP contribution in [0.5, 0.6) is 5.75 Å². The standard InChI is InChI=1S/C14H21FN2O/c1-2-7-17(12-10-16-11-12)8-9-18-14-6-4-3-5-13(14)15/h3-6,12,16H,2,7-11H2,1H3. The predicted octanol–water partition coefficient (Wildman–Crippen LogP) is 1.89. The molecule has 0 amide bonds. The quantitative estimate of drug-likeness (QED) is 0.802. The van der Waals surface area contributed by atoms with Crippen molar-refractivity contribution >= 4 is 0 Å². The fraction of sp³-hybridized carbons (Fsp3) is 0.571. The molecule has 1 aromatic carbocycles. The molecule has 1 aromatic rings. The van der Waals surface area contributed by atoms with E-state index in [1.54, 1.807) is 18.2 Å². The molecule has 0 aromatic heterocycles. The molecule has 1 saturated heterocycles. The summed E-state index contributed by atoms with van der Waals surface area (Å²) in [6, 6.07) is 7.18. The Morgan fingerprint density at radius 1 is 1.33 bits per heavy atom. The van der Waals surface area contributed by atoms with Crippen LogP contribution in [-0.4, -0.2) is 43.7 Å². The van der Waals surface area contributed by atoms with E-state index in [1.807, 2.05) is 0 Å². The van der Waals surface area contributed by atoms with Crippen molar-refractivity contribution in [1.82, 2.24) is 10.2 Å². The lowest BCUT2D eigenvalue weighted by Gasteiger charge is -2.38. The minimum Gasteiger partial charge on any atom is -0.489 e. The molecule has 1 N–H and O–H groups in total. The Balaban J connectivity index is 1.77. The van der Waals surface area contributed by atoms with E-state index in [0.717, 1.165) is 32.6 Å². The average Bonchev–Trinajstić information content (AvgIpc) is 2.29. The summed E-state index contributed by atoms with van der Waals surface area (Å²) in [5, 5.41) is 3.27. The summed E-state index contributed by atoms with van der Waals surface area (Å²) in [5.41, 5.74) is 0.